The van der Waals surface area contributed by atoms with Crippen LogP contribution in [0.2, 0.25) is 0 Å². The molecular weight excluding hydrogens is 345 g/mol. The molecule has 0 aromatic carbocycles. The highest BCUT2D eigenvalue weighted by molar-refractivity contribution is 7.46. The first kappa shape index (κ1) is 17.2. The molecule has 132 valence electrons. The van der Waals surface area contributed by atoms with Gasteiger partial charge in [-0.3, -0.25) is 9.09 Å². The van der Waals surface area contributed by atoms with Gasteiger partial charge in [-0.1, -0.05) is 0 Å². The third kappa shape index (κ3) is 3.00. The van der Waals surface area contributed by atoms with Crippen molar-refractivity contribution in [1.29, 1.82) is 0 Å². The lowest BCUT2D eigenvalue weighted by molar-refractivity contribution is -0.0512. The number of ether oxygens (including phenoxy) is 1. The minimum absolute atomic E-state index is 0.149. The van der Waals surface area contributed by atoms with Crippen molar-refractivity contribution >= 4 is 24.8 Å². The number of aliphatic hydroxyl groups is 2. The summed E-state index contributed by atoms with van der Waals surface area (Å²) in [5.41, 5.74) is 6.35. The number of aryl methyl sites for hydroxylation is 1. The quantitative estimate of drug-likeness (QED) is 0.397. The van der Waals surface area contributed by atoms with Gasteiger partial charge >= 0.3 is 7.82 Å². The normalized spacial score (nSPS) is 27.9. The summed E-state index contributed by atoms with van der Waals surface area (Å²) in [5.74, 6) is 0.557. The van der Waals surface area contributed by atoms with Crippen LogP contribution in [0.3, 0.4) is 0 Å². The van der Waals surface area contributed by atoms with Crippen LogP contribution in [0.15, 0.2) is 6.33 Å². The van der Waals surface area contributed by atoms with E-state index >= 15 is 0 Å². The molecule has 2 aromatic rings. The van der Waals surface area contributed by atoms with Crippen LogP contribution in [0, 0.1) is 6.92 Å². The number of anilines is 1. The Kier molecular flexibility index (Phi) is 4.30. The molecule has 0 aliphatic carbocycles. The van der Waals surface area contributed by atoms with Crippen LogP contribution >= 0.6 is 7.82 Å². The lowest BCUT2D eigenvalue weighted by Crippen LogP contribution is -2.33. The van der Waals surface area contributed by atoms with E-state index in [4.69, 9.17) is 20.3 Å². The summed E-state index contributed by atoms with van der Waals surface area (Å²) in [6.45, 7) is 1.03. The average Bonchev–Trinajstić information content (AvgIpc) is 2.96. The first-order chi connectivity index (χ1) is 11.2. The molecule has 3 rings (SSSR count). The zero-order chi connectivity index (χ0) is 17.6. The van der Waals surface area contributed by atoms with Crippen molar-refractivity contribution in [3.63, 3.8) is 0 Å². The molecule has 0 radical (unpaired) electrons. The highest BCUT2D eigenvalue weighted by atomic mass is 31.2. The first-order valence-corrected chi connectivity index (χ1v) is 8.39. The number of nitrogens with two attached hydrogens (primary N) is 1. The summed E-state index contributed by atoms with van der Waals surface area (Å²) in [6.07, 6.45) is -3.81. The van der Waals surface area contributed by atoms with Gasteiger partial charge in [0.2, 0.25) is 0 Å². The number of hydrogen-bond donors (Lipinski definition) is 5. The van der Waals surface area contributed by atoms with E-state index in [0.717, 1.165) is 0 Å². The summed E-state index contributed by atoms with van der Waals surface area (Å²) < 4.78 is 22.1. The van der Waals surface area contributed by atoms with Crippen LogP contribution in [-0.2, 0) is 13.8 Å². The molecule has 6 N–H and O–H groups in total. The minimum atomic E-state index is -4.73. The molecule has 1 aliphatic rings. The summed E-state index contributed by atoms with van der Waals surface area (Å²) in [5, 5.41) is 20.3. The summed E-state index contributed by atoms with van der Waals surface area (Å²) in [4.78, 5) is 29.6. The van der Waals surface area contributed by atoms with Gasteiger partial charge in [-0.2, -0.15) is 0 Å². The first-order valence-electron chi connectivity index (χ1n) is 6.85. The lowest BCUT2D eigenvalue weighted by atomic mass is 10.1. The molecule has 0 saturated carbocycles. The lowest BCUT2D eigenvalue weighted by Gasteiger charge is -2.18. The Labute approximate surface area is 135 Å². The Balaban J connectivity index is 1.92. The maximum atomic E-state index is 10.8. The van der Waals surface area contributed by atoms with Crippen LogP contribution in [-0.4, -0.2) is 64.4 Å². The number of phosphoric acid groups is 1. The number of aliphatic hydroxyl groups excluding tert-OH is 2. The Bertz CT molecular complexity index is 807. The van der Waals surface area contributed by atoms with Gasteiger partial charge in [0, 0.05) is 0 Å². The standard InChI is InChI=1S/C11H16N5O7P/c1-4-15-6-9(12)13-3-14-10(6)16(4)11-8(18)7(17)5(23-11)2-22-24(19,20)21/h3,5,7-8,11,17-18H,2H2,1H3,(H2,12,13,14)(H2,19,20,21)/t5-,7-,8?,11-/m1/s1. The van der Waals surface area contributed by atoms with E-state index in [9.17, 15) is 14.8 Å². The Morgan fingerprint density at radius 2 is 2.08 bits per heavy atom. The van der Waals surface area contributed by atoms with Gasteiger partial charge in [0.25, 0.3) is 0 Å². The largest absolute Gasteiger partial charge is 0.469 e. The Morgan fingerprint density at radius 3 is 2.75 bits per heavy atom. The van der Waals surface area contributed by atoms with E-state index in [1.807, 2.05) is 0 Å². The van der Waals surface area contributed by atoms with Gasteiger partial charge < -0.3 is 30.5 Å². The summed E-state index contributed by atoms with van der Waals surface area (Å²) in [7, 11) is -4.73. The molecule has 1 fully saturated rings. The second-order valence-corrected chi connectivity index (χ2v) is 6.53. The molecular formula is C11H16N5O7P. The van der Waals surface area contributed by atoms with E-state index in [1.54, 1.807) is 6.92 Å². The van der Waals surface area contributed by atoms with Crippen LogP contribution in [0.25, 0.3) is 11.2 Å². The second-order valence-electron chi connectivity index (χ2n) is 5.29. The van der Waals surface area contributed by atoms with E-state index < -0.39 is 39.0 Å². The fourth-order valence-corrected chi connectivity index (χ4v) is 2.93. The molecule has 2 aromatic heterocycles. The number of fused-ring (bicyclic) bond motifs is 1. The number of hydrogen-bond acceptors (Lipinski definition) is 9. The molecule has 0 bridgehead atoms. The number of rotatable bonds is 4. The van der Waals surface area contributed by atoms with Crippen LogP contribution < -0.4 is 5.73 Å². The molecule has 3 heterocycles. The molecule has 12 nitrogen and oxygen atoms in total. The van der Waals surface area contributed by atoms with Gasteiger partial charge in [0.15, 0.2) is 23.2 Å². The van der Waals surface area contributed by atoms with E-state index in [2.05, 4.69) is 19.5 Å². The van der Waals surface area contributed by atoms with Crippen molar-refractivity contribution in [3.05, 3.63) is 12.2 Å². The molecule has 13 heteroatoms. The fraction of sp³-hybridized carbons (Fsp3) is 0.545. The predicted octanol–water partition coefficient (Wildman–Crippen LogP) is -1.55. The number of nitrogens with zero attached hydrogens (tertiary/aromatic N) is 4. The molecule has 24 heavy (non-hydrogen) atoms. The van der Waals surface area contributed by atoms with Crippen LogP contribution in [0.4, 0.5) is 5.82 Å². The van der Waals surface area contributed by atoms with Crippen molar-refractivity contribution in [2.75, 3.05) is 12.3 Å². The third-order valence-corrected chi connectivity index (χ3v) is 4.17. The highest BCUT2D eigenvalue weighted by Crippen LogP contribution is 2.39. The van der Waals surface area contributed by atoms with Gasteiger partial charge in [-0.05, 0) is 6.92 Å². The zero-order valence-corrected chi connectivity index (χ0v) is 13.3. The molecule has 0 spiro atoms. The van der Waals surface area contributed by atoms with Crippen LogP contribution in [0.1, 0.15) is 12.1 Å². The monoisotopic (exact) mass is 361 g/mol. The predicted molar refractivity (Wildman–Crippen MR) is 78.4 cm³/mol. The summed E-state index contributed by atoms with van der Waals surface area (Å²) in [6, 6.07) is 0. The maximum absolute atomic E-state index is 10.8. The molecule has 1 aliphatic heterocycles. The number of nitrogen functional groups attached to an aromatic ring is 1. The maximum Gasteiger partial charge on any atom is 0.469 e. The van der Waals surface area contributed by atoms with Gasteiger partial charge in [-0.15, -0.1) is 0 Å². The average molecular weight is 361 g/mol. The Morgan fingerprint density at radius 1 is 1.38 bits per heavy atom. The Hall–Kier alpha value is -1.66. The molecule has 1 unspecified atom stereocenters. The zero-order valence-electron chi connectivity index (χ0n) is 12.4. The minimum Gasteiger partial charge on any atom is -0.387 e. The number of aromatic nitrogens is 4. The second kappa shape index (κ2) is 6.01. The van der Waals surface area contributed by atoms with Crippen molar-refractivity contribution in [3.8, 4) is 0 Å². The van der Waals surface area contributed by atoms with E-state index in [0.29, 0.717) is 17.0 Å². The van der Waals surface area contributed by atoms with Gasteiger partial charge in [0.1, 0.15) is 30.5 Å². The molecule has 4 atom stereocenters. The van der Waals surface area contributed by atoms with E-state index in [1.165, 1.54) is 10.9 Å². The van der Waals surface area contributed by atoms with Crippen molar-refractivity contribution in [2.24, 2.45) is 0 Å². The summed E-state index contributed by atoms with van der Waals surface area (Å²) >= 11 is 0. The smallest absolute Gasteiger partial charge is 0.387 e. The number of phosphoric ester groups is 1. The highest BCUT2D eigenvalue weighted by Gasteiger charge is 2.45. The number of imidazole rings is 1. The van der Waals surface area contributed by atoms with Crippen molar-refractivity contribution in [1.82, 2.24) is 19.5 Å². The van der Waals surface area contributed by atoms with Gasteiger partial charge in [-0.25, -0.2) is 19.5 Å². The van der Waals surface area contributed by atoms with Gasteiger partial charge in [0.05, 0.1) is 6.61 Å². The van der Waals surface area contributed by atoms with E-state index in [-0.39, 0.29) is 5.82 Å². The molecule has 1 saturated heterocycles. The third-order valence-electron chi connectivity index (χ3n) is 3.68. The SMILES string of the molecule is Cc1nc2c(N)ncnc2n1[C@@H]1O[C@H](COP(=O)(O)O)[C@@H](O)C1O. The topological polar surface area (TPSA) is 186 Å². The van der Waals surface area contributed by atoms with Crippen molar-refractivity contribution < 1.29 is 33.8 Å². The van der Waals surface area contributed by atoms with Crippen LogP contribution in [0.5, 0.6) is 0 Å². The van der Waals surface area contributed by atoms with Crippen molar-refractivity contribution in [2.45, 2.75) is 31.5 Å². The molecule has 0 amide bonds. The fourth-order valence-electron chi connectivity index (χ4n) is 2.59.